The molecule has 0 saturated carbocycles. The fraction of sp³-hybridized carbons (Fsp3) is 0.500. The van der Waals surface area contributed by atoms with Crippen LogP contribution >= 0.6 is 0 Å². The first kappa shape index (κ1) is 10.3. The van der Waals surface area contributed by atoms with Crippen LogP contribution in [-0.2, 0) is 20.6 Å². The molecular formula is C6H10O4S. The van der Waals surface area contributed by atoms with Crippen molar-refractivity contribution in [3.05, 3.63) is 11.0 Å². The third-order valence-electron chi connectivity index (χ3n) is 0.927. The predicted octanol–water partition coefficient (Wildman–Crippen LogP) is 0.675. The van der Waals surface area contributed by atoms with Gasteiger partial charge in [-0.05, 0) is 13.8 Å². The van der Waals surface area contributed by atoms with Crippen LogP contribution in [0.2, 0.25) is 0 Å². The van der Waals surface area contributed by atoms with Crippen LogP contribution in [0.25, 0.3) is 0 Å². The first-order valence-corrected chi connectivity index (χ1v) is 4.18. The average Bonchev–Trinajstić information content (AvgIpc) is 1.88. The minimum absolute atomic E-state index is 0.202. The van der Waals surface area contributed by atoms with E-state index < -0.39 is 17.0 Å². The predicted molar refractivity (Wildman–Crippen MR) is 41.2 cm³/mol. The molecule has 0 aromatic heterocycles. The maximum absolute atomic E-state index is 10.8. The van der Waals surface area contributed by atoms with E-state index in [2.05, 4.69) is 4.74 Å². The molecule has 0 aliphatic rings. The number of esters is 1. The number of allylic oxidation sites excluding steroid dienone is 1. The summed E-state index contributed by atoms with van der Waals surface area (Å²) in [6.45, 7) is 3.33. The van der Waals surface area contributed by atoms with Crippen molar-refractivity contribution in [3.63, 3.8) is 0 Å². The fourth-order valence-corrected chi connectivity index (χ4v) is 0.895. The lowest BCUT2D eigenvalue weighted by atomic mass is 10.5. The molecule has 0 radical (unpaired) electrons. The summed E-state index contributed by atoms with van der Waals surface area (Å²) in [5.74, 6) is -0.740. The van der Waals surface area contributed by atoms with E-state index in [-0.39, 0.29) is 11.5 Å². The van der Waals surface area contributed by atoms with Crippen LogP contribution < -0.4 is 0 Å². The number of carbonyl (C=O) groups excluding carboxylic acids is 1. The molecule has 4 nitrogen and oxygen atoms in total. The van der Waals surface area contributed by atoms with Gasteiger partial charge in [0.1, 0.15) is 4.91 Å². The van der Waals surface area contributed by atoms with E-state index in [1.165, 1.54) is 13.0 Å². The number of ether oxygens (including phenoxy) is 1. The second-order valence-electron chi connectivity index (χ2n) is 1.62. The van der Waals surface area contributed by atoms with E-state index in [9.17, 15) is 9.00 Å². The van der Waals surface area contributed by atoms with Crippen LogP contribution in [0.5, 0.6) is 0 Å². The molecule has 11 heavy (non-hydrogen) atoms. The third-order valence-corrected chi connectivity index (χ3v) is 1.71. The van der Waals surface area contributed by atoms with Gasteiger partial charge in [0.15, 0.2) is 11.1 Å². The minimum Gasteiger partial charge on any atom is -0.462 e. The minimum atomic E-state index is -2.25. The Morgan fingerprint density at radius 1 is 1.73 bits per heavy atom. The van der Waals surface area contributed by atoms with Gasteiger partial charge in [-0.25, -0.2) is 9.00 Å². The molecule has 0 fully saturated rings. The van der Waals surface area contributed by atoms with Crippen LogP contribution in [0.4, 0.5) is 0 Å². The standard InChI is InChI=1S/C6H10O4S/c1-3-5(11(8)9)6(7)10-4-2/h3H,4H2,1-2H3,(H,8,9). The zero-order valence-electron chi connectivity index (χ0n) is 6.36. The van der Waals surface area contributed by atoms with Crippen LogP contribution in [0.3, 0.4) is 0 Å². The molecule has 0 bridgehead atoms. The van der Waals surface area contributed by atoms with Crippen LogP contribution in [0.15, 0.2) is 11.0 Å². The van der Waals surface area contributed by atoms with Crippen molar-refractivity contribution in [2.75, 3.05) is 6.61 Å². The van der Waals surface area contributed by atoms with E-state index in [1.54, 1.807) is 6.92 Å². The van der Waals surface area contributed by atoms with E-state index in [1.807, 2.05) is 0 Å². The van der Waals surface area contributed by atoms with Crippen LogP contribution in [0, 0.1) is 0 Å². The Bertz CT molecular complexity index is 197. The van der Waals surface area contributed by atoms with Gasteiger partial charge in [0.2, 0.25) is 0 Å². The second kappa shape index (κ2) is 5.03. The molecule has 0 spiro atoms. The third kappa shape index (κ3) is 3.29. The SMILES string of the molecule is CC=C(C(=O)OCC)S(=O)O. The lowest BCUT2D eigenvalue weighted by molar-refractivity contribution is -0.137. The molecule has 0 aromatic rings. The average molecular weight is 178 g/mol. The number of carbonyl (C=O) groups is 1. The van der Waals surface area contributed by atoms with Gasteiger partial charge in [0, 0.05) is 0 Å². The highest BCUT2D eigenvalue weighted by Gasteiger charge is 2.14. The summed E-state index contributed by atoms with van der Waals surface area (Å²) in [4.78, 5) is 10.6. The van der Waals surface area contributed by atoms with Gasteiger partial charge in [-0.15, -0.1) is 0 Å². The lowest BCUT2D eigenvalue weighted by Crippen LogP contribution is -2.11. The summed E-state index contributed by atoms with van der Waals surface area (Å²) in [6, 6.07) is 0. The maximum Gasteiger partial charge on any atom is 0.349 e. The van der Waals surface area contributed by atoms with Gasteiger partial charge in [-0.3, -0.25) is 0 Å². The summed E-state index contributed by atoms with van der Waals surface area (Å²) in [6.07, 6.45) is 1.26. The van der Waals surface area contributed by atoms with Gasteiger partial charge in [-0.1, -0.05) is 6.08 Å². The molecule has 0 aliphatic carbocycles. The quantitative estimate of drug-likeness (QED) is 0.392. The van der Waals surface area contributed by atoms with Crippen LogP contribution in [0.1, 0.15) is 13.8 Å². The fourth-order valence-electron chi connectivity index (χ4n) is 0.492. The van der Waals surface area contributed by atoms with Crippen molar-refractivity contribution >= 4 is 17.0 Å². The van der Waals surface area contributed by atoms with Crippen molar-refractivity contribution in [2.45, 2.75) is 13.8 Å². The number of hydrogen-bond donors (Lipinski definition) is 1. The summed E-state index contributed by atoms with van der Waals surface area (Å²) in [7, 11) is 0. The molecule has 0 saturated heterocycles. The van der Waals surface area contributed by atoms with Gasteiger partial charge in [0.05, 0.1) is 6.61 Å². The highest BCUT2D eigenvalue weighted by atomic mass is 32.2. The van der Waals surface area contributed by atoms with E-state index in [0.717, 1.165) is 0 Å². The molecular weight excluding hydrogens is 168 g/mol. The van der Waals surface area contributed by atoms with E-state index in [4.69, 9.17) is 4.55 Å². The summed E-state index contributed by atoms with van der Waals surface area (Å²) < 4.78 is 23.4. The lowest BCUT2D eigenvalue weighted by Gasteiger charge is -2.00. The van der Waals surface area contributed by atoms with Gasteiger partial charge in [0.25, 0.3) is 0 Å². The molecule has 1 N–H and O–H groups in total. The Labute approximate surface area is 67.5 Å². The summed E-state index contributed by atoms with van der Waals surface area (Å²) in [5, 5.41) is 0. The molecule has 64 valence electrons. The van der Waals surface area contributed by atoms with E-state index >= 15 is 0 Å². The smallest absolute Gasteiger partial charge is 0.349 e. The van der Waals surface area contributed by atoms with E-state index in [0.29, 0.717) is 0 Å². The topological polar surface area (TPSA) is 63.6 Å². The number of hydrogen-bond acceptors (Lipinski definition) is 3. The molecule has 1 atom stereocenters. The maximum atomic E-state index is 10.8. The summed E-state index contributed by atoms with van der Waals surface area (Å²) >= 11 is -2.25. The highest BCUT2D eigenvalue weighted by molar-refractivity contribution is 7.84. The van der Waals surface area contributed by atoms with Crippen molar-refractivity contribution in [3.8, 4) is 0 Å². The first-order chi connectivity index (χ1) is 5.13. The van der Waals surface area contributed by atoms with Gasteiger partial charge in [-0.2, -0.15) is 0 Å². The van der Waals surface area contributed by atoms with Crippen molar-refractivity contribution in [2.24, 2.45) is 0 Å². The Kier molecular flexibility index (Phi) is 4.72. The van der Waals surface area contributed by atoms with Crippen molar-refractivity contribution in [1.82, 2.24) is 0 Å². The molecule has 0 aliphatic heterocycles. The second-order valence-corrected chi connectivity index (χ2v) is 2.56. The van der Waals surface area contributed by atoms with Gasteiger partial charge >= 0.3 is 5.97 Å². The van der Waals surface area contributed by atoms with Crippen LogP contribution in [-0.4, -0.2) is 21.3 Å². The van der Waals surface area contributed by atoms with Crippen molar-refractivity contribution in [1.29, 1.82) is 0 Å². The van der Waals surface area contributed by atoms with Crippen molar-refractivity contribution < 1.29 is 18.3 Å². The zero-order chi connectivity index (χ0) is 8.85. The molecule has 1 unspecified atom stereocenters. The molecule has 0 rings (SSSR count). The number of rotatable bonds is 3. The Hall–Kier alpha value is -0.680. The molecule has 5 heteroatoms. The molecule has 0 amide bonds. The first-order valence-electron chi connectivity index (χ1n) is 3.07. The monoisotopic (exact) mass is 178 g/mol. The Balaban J connectivity index is 4.29. The normalized spacial score (nSPS) is 14.3. The van der Waals surface area contributed by atoms with Gasteiger partial charge < -0.3 is 9.29 Å². The largest absolute Gasteiger partial charge is 0.462 e. The summed E-state index contributed by atoms with van der Waals surface area (Å²) in [5.41, 5.74) is 0. The molecule has 0 aromatic carbocycles. The highest BCUT2D eigenvalue weighted by Crippen LogP contribution is 2.01. The zero-order valence-corrected chi connectivity index (χ0v) is 7.18. The molecule has 0 heterocycles. The Morgan fingerprint density at radius 3 is 2.55 bits per heavy atom. The Morgan fingerprint density at radius 2 is 2.27 bits per heavy atom.